The van der Waals surface area contributed by atoms with Gasteiger partial charge in [0, 0.05) is 5.41 Å². The van der Waals surface area contributed by atoms with E-state index in [1.165, 1.54) is 0 Å². The molecule has 0 saturated carbocycles. The van der Waals surface area contributed by atoms with Crippen LogP contribution in [0.5, 0.6) is 0 Å². The summed E-state index contributed by atoms with van der Waals surface area (Å²) < 4.78 is 5.18. The van der Waals surface area contributed by atoms with Gasteiger partial charge in [0.15, 0.2) is 0 Å². The van der Waals surface area contributed by atoms with Gasteiger partial charge in [-0.3, -0.25) is 0 Å². The Labute approximate surface area is 62.2 Å². The van der Waals surface area contributed by atoms with Crippen LogP contribution in [0.25, 0.3) is 0 Å². The summed E-state index contributed by atoms with van der Waals surface area (Å²) >= 11 is 0. The zero-order valence-corrected chi connectivity index (χ0v) is 6.92. The Kier molecular flexibility index (Phi) is 2.02. The lowest BCUT2D eigenvalue weighted by atomic mass is 9.77. The monoisotopic (exact) mass is 144 g/mol. The summed E-state index contributed by atoms with van der Waals surface area (Å²) in [6, 6.07) is 0. The fourth-order valence-corrected chi connectivity index (χ4v) is 1.23. The third-order valence-electron chi connectivity index (χ3n) is 2.77. The van der Waals surface area contributed by atoms with Crippen molar-refractivity contribution in [1.82, 2.24) is 0 Å². The average Bonchev–Trinajstić information content (AvgIpc) is 2.15. The molecule has 0 aliphatic carbocycles. The predicted molar refractivity (Wildman–Crippen MR) is 39.8 cm³/mol. The maximum atomic E-state index is 9.49. The molecule has 2 nitrogen and oxygen atoms in total. The van der Waals surface area contributed by atoms with E-state index in [1.807, 2.05) is 0 Å². The molecule has 1 heterocycles. The molecular formula is C8H16O2. The van der Waals surface area contributed by atoms with Gasteiger partial charge in [0.2, 0.25) is 0 Å². The Morgan fingerprint density at radius 1 is 1.60 bits per heavy atom. The van der Waals surface area contributed by atoms with Crippen molar-refractivity contribution < 1.29 is 9.84 Å². The maximum absolute atomic E-state index is 9.49. The van der Waals surface area contributed by atoms with E-state index >= 15 is 0 Å². The normalized spacial score (nSPS) is 41.1. The van der Waals surface area contributed by atoms with Gasteiger partial charge in [0.1, 0.15) is 0 Å². The molecular weight excluding hydrogens is 128 g/mol. The van der Waals surface area contributed by atoms with Crippen LogP contribution in [0.2, 0.25) is 0 Å². The van der Waals surface area contributed by atoms with E-state index in [1.54, 1.807) is 0 Å². The molecule has 0 aromatic carbocycles. The minimum Gasteiger partial charge on any atom is -0.390 e. The van der Waals surface area contributed by atoms with E-state index in [9.17, 15) is 5.11 Å². The van der Waals surface area contributed by atoms with Crippen molar-refractivity contribution in [2.45, 2.75) is 26.9 Å². The highest BCUT2D eigenvalue weighted by molar-refractivity contribution is 4.88. The van der Waals surface area contributed by atoms with E-state index in [2.05, 4.69) is 20.8 Å². The van der Waals surface area contributed by atoms with Gasteiger partial charge in [-0.05, 0) is 5.92 Å². The van der Waals surface area contributed by atoms with Crippen LogP contribution in [0.15, 0.2) is 0 Å². The van der Waals surface area contributed by atoms with Gasteiger partial charge < -0.3 is 9.84 Å². The maximum Gasteiger partial charge on any atom is 0.0851 e. The molecule has 1 aliphatic heterocycles. The minimum absolute atomic E-state index is 0.0139. The zero-order chi connectivity index (χ0) is 7.78. The lowest BCUT2D eigenvalue weighted by Crippen LogP contribution is -2.35. The van der Waals surface area contributed by atoms with E-state index < -0.39 is 0 Å². The third kappa shape index (κ3) is 1.06. The molecule has 1 aliphatic rings. The molecule has 0 amide bonds. The molecule has 0 bridgehead atoms. The van der Waals surface area contributed by atoms with Crippen LogP contribution in [0.1, 0.15) is 20.8 Å². The number of ether oxygens (including phenoxy) is 1. The molecule has 10 heavy (non-hydrogen) atoms. The topological polar surface area (TPSA) is 29.5 Å². The number of aliphatic hydroxyl groups is 1. The van der Waals surface area contributed by atoms with E-state index in [-0.39, 0.29) is 11.5 Å². The largest absolute Gasteiger partial charge is 0.390 e. The first-order valence-corrected chi connectivity index (χ1v) is 3.83. The lowest BCUT2D eigenvalue weighted by Gasteiger charge is -2.30. The lowest BCUT2D eigenvalue weighted by molar-refractivity contribution is 0.0478. The highest BCUT2D eigenvalue weighted by Gasteiger charge is 2.41. The number of hydrogen-bond donors (Lipinski definition) is 1. The van der Waals surface area contributed by atoms with Crippen LogP contribution >= 0.6 is 0 Å². The Hall–Kier alpha value is -0.0800. The van der Waals surface area contributed by atoms with Crippen molar-refractivity contribution in [3.8, 4) is 0 Å². The third-order valence-corrected chi connectivity index (χ3v) is 2.77. The standard InChI is InChI=1S/C8H16O2/c1-6(2)8(3)5-10-4-7(8)9/h6-7,9H,4-5H2,1-3H3. The summed E-state index contributed by atoms with van der Waals surface area (Å²) in [5.74, 6) is 0.491. The molecule has 2 unspecified atom stereocenters. The van der Waals surface area contributed by atoms with E-state index in [0.29, 0.717) is 19.1 Å². The van der Waals surface area contributed by atoms with Crippen LogP contribution < -0.4 is 0 Å². The van der Waals surface area contributed by atoms with Crippen LogP contribution in [-0.2, 0) is 4.74 Å². The Balaban J connectivity index is 2.66. The number of rotatable bonds is 1. The predicted octanol–water partition coefficient (Wildman–Crippen LogP) is 1.04. The summed E-state index contributed by atoms with van der Waals surface area (Å²) in [4.78, 5) is 0. The molecule has 0 aromatic heterocycles. The zero-order valence-electron chi connectivity index (χ0n) is 6.92. The van der Waals surface area contributed by atoms with Crippen LogP contribution in [0.3, 0.4) is 0 Å². The van der Waals surface area contributed by atoms with Crippen molar-refractivity contribution in [2.75, 3.05) is 13.2 Å². The van der Waals surface area contributed by atoms with E-state index in [0.717, 1.165) is 0 Å². The first kappa shape index (κ1) is 8.02. The van der Waals surface area contributed by atoms with Crippen molar-refractivity contribution in [3.05, 3.63) is 0 Å². The second kappa shape index (κ2) is 2.51. The summed E-state index contributed by atoms with van der Waals surface area (Å²) in [5, 5.41) is 9.49. The fourth-order valence-electron chi connectivity index (χ4n) is 1.23. The van der Waals surface area contributed by atoms with Crippen molar-refractivity contribution in [1.29, 1.82) is 0 Å². The van der Waals surface area contributed by atoms with Crippen molar-refractivity contribution in [3.63, 3.8) is 0 Å². The summed E-state index contributed by atoms with van der Waals surface area (Å²) in [6.07, 6.45) is -0.271. The van der Waals surface area contributed by atoms with Gasteiger partial charge >= 0.3 is 0 Å². The van der Waals surface area contributed by atoms with E-state index in [4.69, 9.17) is 4.74 Å². The summed E-state index contributed by atoms with van der Waals surface area (Å²) in [7, 11) is 0. The Bertz CT molecular complexity index is 122. The van der Waals surface area contributed by atoms with Gasteiger partial charge in [0.25, 0.3) is 0 Å². The molecule has 1 rings (SSSR count). The molecule has 2 heteroatoms. The first-order chi connectivity index (χ1) is 4.57. The van der Waals surface area contributed by atoms with Gasteiger partial charge in [-0.25, -0.2) is 0 Å². The summed E-state index contributed by atoms with van der Waals surface area (Å²) in [6.45, 7) is 7.53. The van der Waals surface area contributed by atoms with Crippen molar-refractivity contribution >= 4 is 0 Å². The molecule has 0 spiro atoms. The highest BCUT2D eigenvalue weighted by Crippen LogP contribution is 2.35. The molecule has 1 N–H and O–H groups in total. The second-order valence-corrected chi connectivity index (χ2v) is 3.69. The smallest absolute Gasteiger partial charge is 0.0851 e. The van der Waals surface area contributed by atoms with Crippen molar-refractivity contribution in [2.24, 2.45) is 11.3 Å². The molecule has 1 saturated heterocycles. The highest BCUT2D eigenvalue weighted by atomic mass is 16.5. The SMILES string of the molecule is CC(C)C1(C)COCC1O. The van der Waals surface area contributed by atoms with Gasteiger partial charge in [-0.15, -0.1) is 0 Å². The Morgan fingerprint density at radius 3 is 2.40 bits per heavy atom. The van der Waals surface area contributed by atoms with Crippen LogP contribution in [-0.4, -0.2) is 24.4 Å². The van der Waals surface area contributed by atoms with Crippen LogP contribution in [0.4, 0.5) is 0 Å². The number of hydrogen-bond acceptors (Lipinski definition) is 2. The molecule has 0 radical (unpaired) electrons. The van der Waals surface area contributed by atoms with Gasteiger partial charge in [0.05, 0.1) is 19.3 Å². The van der Waals surface area contributed by atoms with Gasteiger partial charge in [-0.1, -0.05) is 20.8 Å². The quantitative estimate of drug-likeness (QED) is 0.596. The van der Waals surface area contributed by atoms with Crippen LogP contribution in [0, 0.1) is 11.3 Å². The second-order valence-electron chi connectivity index (χ2n) is 3.69. The first-order valence-electron chi connectivity index (χ1n) is 3.83. The summed E-state index contributed by atoms with van der Waals surface area (Å²) in [5.41, 5.74) is -0.0139. The van der Waals surface area contributed by atoms with Gasteiger partial charge in [-0.2, -0.15) is 0 Å². The average molecular weight is 144 g/mol. The Morgan fingerprint density at radius 2 is 2.20 bits per heavy atom. The molecule has 60 valence electrons. The minimum atomic E-state index is -0.271. The molecule has 1 fully saturated rings. The molecule has 2 atom stereocenters. The molecule has 0 aromatic rings. The number of aliphatic hydroxyl groups excluding tert-OH is 1. The fraction of sp³-hybridized carbons (Fsp3) is 1.00.